The van der Waals surface area contributed by atoms with Crippen LogP contribution in [-0.4, -0.2) is 51.4 Å². The van der Waals surface area contributed by atoms with Crippen molar-refractivity contribution in [1.82, 2.24) is 10.2 Å². The van der Waals surface area contributed by atoms with Crippen molar-refractivity contribution in [2.24, 2.45) is 4.99 Å². The lowest BCUT2D eigenvalue weighted by Gasteiger charge is -2.22. The molecule has 0 aliphatic rings. The van der Waals surface area contributed by atoms with E-state index in [1.54, 1.807) is 7.05 Å². The molecule has 0 fully saturated rings. The maximum Gasteiger partial charge on any atom is 0.0304 e. The van der Waals surface area contributed by atoms with Crippen molar-refractivity contribution in [2.75, 3.05) is 34.2 Å². The second-order valence-electron chi connectivity index (χ2n) is 3.46. The highest BCUT2D eigenvalue weighted by atomic mass is 15.1. The monoisotopic (exact) mass is 185 g/mol. The van der Waals surface area contributed by atoms with Gasteiger partial charge in [0.15, 0.2) is 0 Å². The maximum atomic E-state index is 3.91. The Balaban J connectivity index is 3.38. The Kier molecular flexibility index (Phi) is 7.94. The van der Waals surface area contributed by atoms with E-state index in [2.05, 4.69) is 36.2 Å². The summed E-state index contributed by atoms with van der Waals surface area (Å²) >= 11 is 0. The van der Waals surface area contributed by atoms with E-state index in [-0.39, 0.29) is 0 Å². The Bertz CT molecular complexity index is 132. The highest BCUT2D eigenvalue weighted by molar-refractivity contribution is 5.59. The van der Waals surface area contributed by atoms with E-state index in [4.69, 9.17) is 0 Å². The summed E-state index contributed by atoms with van der Waals surface area (Å²) in [6.07, 6.45) is 4.33. The molecule has 1 N–H and O–H groups in total. The molecule has 0 saturated heterocycles. The highest BCUT2D eigenvalue weighted by Crippen LogP contribution is 2.02. The van der Waals surface area contributed by atoms with Gasteiger partial charge in [0.05, 0.1) is 0 Å². The lowest BCUT2D eigenvalue weighted by molar-refractivity contribution is 0.270. The summed E-state index contributed by atoms with van der Waals surface area (Å²) in [4.78, 5) is 6.20. The molecule has 1 unspecified atom stereocenters. The maximum absolute atomic E-state index is 3.91. The zero-order valence-electron chi connectivity index (χ0n) is 9.38. The van der Waals surface area contributed by atoms with Gasteiger partial charge in [-0.25, -0.2) is 0 Å². The third kappa shape index (κ3) is 6.72. The molecule has 0 radical (unpaired) electrons. The number of hydrogen-bond acceptors (Lipinski definition) is 3. The Morgan fingerprint density at radius 1 is 1.46 bits per heavy atom. The van der Waals surface area contributed by atoms with Crippen LogP contribution in [0.5, 0.6) is 0 Å². The second-order valence-corrected chi connectivity index (χ2v) is 3.46. The lowest BCUT2D eigenvalue weighted by atomic mass is 10.1. The van der Waals surface area contributed by atoms with Crippen LogP contribution in [0.4, 0.5) is 0 Å². The van der Waals surface area contributed by atoms with Crippen LogP contribution in [-0.2, 0) is 0 Å². The highest BCUT2D eigenvalue weighted by Gasteiger charge is 2.06. The fraction of sp³-hybridized carbons (Fsp3) is 0.900. The Labute approximate surface area is 82.2 Å². The van der Waals surface area contributed by atoms with Crippen LogP contribution in [0, 0.1) is 0 Å². The van der Waals surface area contributed by atoms with Crippen LogP contribution < -0.4 is 5.32 Å². The summed E-state index contributed by atoms with van der Waals surface area (Å²) in [6.45, 7) is 4.20. The summed E-state index contributed by atoms with van der Waals surface area (Å²) < 4.78 is 0. The Hall–Kier alpha value is -0.410. The molecule has 3 nitrogen and oxygen atoms in total. The van der Waals surface area contributed by atoms with Crippen molar-refractivity contribution in [3.63, 3.8) is 0 Å². The number of nitrogens with zero attached hydrogens (tertiary/aromatic N) is 2. The molecule has 0 aromatic heterocycles. The second kappa shape index (κ2) is 8.20. The van der Waals surface area contributed by atoms with Gasteiger partial charge in [-0.3, -0.25) is 4.99 Å². The predicted molar refractivity (Wildman–Crippen MR) is 59.7 cm³/mol. The first-order chi connectivity index (χ1) is 6.22. The van der Waals surface area contributed by atoms with Crippen molar-refractivity contribution in [2.45, 2.75) is 25.8 Å². The minimum absolute atomic E-state index is 0.700. The van der Waals surface area contributed by atoms with E-state index in [9.17, 15) is 0 Å². The topological polar surface area (TPSA) is 27.6 Å². The van der Waals surface area contributed by atoms with Crippen molar-refractivity contribution >= 4 is 6.21 Å². The average Bonchev–Trinajstić information content (AvgIpc) is 2.10. The molecule has 0 bridgehead atoms. The number of rotatable bonds is 7. The van der Waals surface area contributed by atoms with Crippen molar-refractivity contribution < 1.29 is 0 Å². The lowest BCUT2D eigenvalue weighted by Crippen LogP contribution is -2.31. The van der Waals surface area contributed by atoms with E-state index in [0.29, 0.717) is 6.04 Å². The van der Waals surface area contributed by atoms with Gasteiger partial charge in [0.25, 0.3) is 0 Å². The molecule has 0 rings (SSSR count). The fourth-order valence-electron chi connectivity index (χ4n) is 1.35. The van der Waals surface area contributed by atoms with Gasteiger partial charge >= 0.3 is 0 Å². The first-order valence-corrected chi connectivity index (χ1v) is 5.00. The van der Waals surface area contributed by atoms with Crippen LogP contribution in [0.15, 0.2) is 4.99 Å². The van der Waals surface area contributed by atoms with Gasteiger partial charge in [0.1, 0.15) is 0 Å². The summed E-state index contributed by atoms with van der Waals surface area (Å²) in [5.41, 5.74) is 0. The predicted octanol–water partition coefficient (Wildman–Crippen LogP) is 1.01. The molecular formula is C10H23N3. The molecule has 0 aliphatic carbocycles. The zero-order valence-corrected chi connectivity index (χ0v) is 9.38. The van der Waals surface area contributed by atoms with Crippen LogP contribution in [0.3, 0.4) is 0 Å². The Morgan fingerprint density at radius 3 is 2.62 bits per heavy atom. The van der Waals surface area contributed by atoms with E-state index in [0.717, 1.165) is 13.1 Å². The molecule has 78 valence electrons. The van der Waals surface area contributed by atoms with Gasteiger partial charge in [0.2, 0.25) is 0 Å². The van der Waals surface area contributed by atoms with Gasteiger partial charge in [-0.2, -0.15) is 0 Å². The average molecular weight is 185 g/mol. The molecule has 13 heavy (non-hydrogen) atoms. The smallest absolute Gasteiger partial charge is 0.0304 e. The SMILES string of the molecule is CCC(CCNC/C=N\C)N(C)C. The van der Waals surface area contributed by atoms with Crippen molar-refractivity contribution in [3.05, 3.63) is 0 Å². The normalized spacial score (nSPS) is 14.2. The summed E-state index contributed by atoms with van der Waals surface area (Å²) in [6, 6.07) is 0.700. The molecule has 0 aromatic carbocycles. The van der Waals surface area contributed by atoms with Gasteiger partial charge in [-0.05, 0) is 33.5 Å². The third-order valence-corrected chi connectivity index (χ3v) is 2.27. The minimum atomic E-state index is 0.700. The van der Waals surface area contributed by atoms with Crippen LogP contribution in [0.25, 0.3) is 0 Å². The number of nitrogens with one attached hydrogen (secondary N) is 1. The number of hydrogen-bond donors (Lipinski definition) is 1. The standard InChI is InChI=1S/C10H23N3/c1-5-10(13(3)4)6-7-12-9-8-11-2/h8,10,12H,5-7,9H2,1-4H3/b11-8-. The van der Waals surface area contributed by atoms with Gasteiger partial charge in [-0.1, -0.05) is 6.92 Å². The van der Waals surface area contributed by atoms with E-state index in [1.807, 2.05) is 6.21 Å². The molecule has 0 heterocycles. The molecule has 0 aromatic rings. The molecule has 0 amide bonds. The molecule has 0 saturated carbocycles. The molecule has 0 aliphatic heterocycles. The first kappa shape index (κ1) is 12.6. The molecule has 0 spiro atoms. The van der Waals surface area contributed by atoms with Crippen molar-refractivity contribution in [3.8, 4) is 0 Å². The van der Waals surface area contributed by atoms with E-state index < -0.39 is 0 Å². The molecule has 3 heteroatoms. The van der Waals surface area contributed by atoms with Crippen LogP contribution in [0.1, 0.15) is 19.8 Å². The summed E-state index contributed by atoms with van der Waals surface area (Å²) in [7, 11) is 6.08. The number of aliphatic imine (C=N–C) groups is 1. The minimum Gasteiger partial charge on any atom is -0.312 e. The molecule has 1 atom stereocenters. The quantitative estimate of drug-likeness (QED) is 0.473. The van der Waals surface area contributed by atoms with Crippen LogP contribution in [0.2, 0.25) is 0 Å². The fourth-order valence-corrected chi connectivity index (χ4v) is 1.35. The molecular weight excluding hydrogens is 162 g/mol. The first-order valence-electron chi connectivity index (χ1n) is 5.00. The summed E-state index contributed by atoms with van der Waals surface area (Å²) in [5, 5.41) is 3.33. The summed E-state index contributed by atoms with van der Waals surface area (Å²) in [5.74, 6) is 0. The largest absolute Gasteiger partial charge is 0.312 e. The van der Waals surface area contributed by atoms with Crippen LogP contribution >= 0.6 is 0 Å². The van der Waals surface area contributed by atoms with Gasteiger partial charge < -0.3 is 10.2 Å². The van der Waals surface area contributed by atoms with Crippen molar-refractivity contribution in [1.29, 1.82) is 0 Å². The van der Waals surface area contributed by atoms with E-state index in [1.165, 1.54) is 12.8 Å². The Morgan fingerprint density at radius 2 is 2.15 bits per heavy atom. The zero-order chi connectivity index (χ0) is 10.1. The third-order valence-electron chi connectivity index (χ3n) is 2.27. The van der Waals surface area contributed by atoms with E-state index >= 15 is 0 Å². The van der Waals surface area contributed by atoms with Gasteiger partial charge in [0, 0.05) is 25.8 Å². The van der Waals surface area contributed by atoms with Gasteiger partial charge in [-0.15, -0.1) is 0 Å².